The van der Waals surface area contributed by atoms with Gasteiger partial charge >= 0.3 is 0 Å². The fraction of sp³-hybridized carbons (Fsp3) is 0.417. The lowest BCUT2D eigenvalue weighted by atomic mass is 10.2. The van der Waals surface area contributed by atoms with E-state index < -0.39 is 6.10 Å². The van der Waals surface area contributed by atoms with E-state index in [4.69, 9.17) is 5.11 Å². The van der Waals surface area contributed by atoms with Crippen LogP contribution < -0.4 is 5.32 Å². The monoisotopic (exact) mass is 248 g/mol. The summed E-state index contributed by atoms with van der Waals surface area (Å²) in [5.41, 5.74) is 2.77. The van der Waals surface area contributed by atoms with Crippen molar-refractivity contribution in [2.24, 2.45) is 0 Å². The number of hydrogen-bond acceptors (Lipinski definition) is 4. The molecule has 1 atom stereocenters. The van der Waals surface area contributed by atoms with Crippen LogP contribution in [0.15, 0.2) is 12.3 Å². The number of aryl methyl sites for hydroxylation is 2. The fourth-order valence-electron chi connectivity index (χ4n) is 1.72. The Labute approximate surface area is 105 Å². The van der Waals surface area contributed by atoms with Crippen molar-refractivity contribution >= 4 is 11.6 Å². The molecule has 0 aliphatic rings. The zero-order valence-electron chi connectivity index (χ0n) is 10.6. The number of carbonyl (C=O) groups excluding carboxylic acids is 1. The summed E-state index contributed by atoms with van der Waals surface area (Å²) in [5.74, 6) is -0.254. The molecule has 0 aliphatic carbocycles. The van der Waals surface area contributed by atoms with Gasteiger partial charge in [0, 0.05) is 18.8 Å². The maximum Gasteiger partial charge on any atom is 0.254 e. The Bertz CT molecular complexity index is 589. The van der Waals surface area contributed by atoms with Crippen molar-refractivity contribution in [3.8, 4) is 0 Å². The van der Waals surface area contributed by atoms with E-state index in [1.807, 2.05) is 19.9 Å². The van der Waals surface area contributed by atoms with E-state index >= 15 is 0 Å². The maximum absolute atomic E-state index is 11.9. The molecule has 96 valence electrons. The van der Waals surface area contributed by atoms with Crippen LogP contribution in [0.1, 0.15) is 28.7 Å². The lowest BCUT2D eigenvalue weighted by Crippen LogP contribution is -2.31. The number of aliphatic hydroxyl groups excluding tert-OH is 1. The highest BCUT2D eigenvalue weighted by Gasteiger charge is 2.13. The normalized spacial score (nSPS) is 12.7. The summed E-state index contributed by atoms with van der Waals surface area (Å²) < 4.78 is 1.65. The van der Waals surface area contributed by atoms with Crippen LogP contribution in [0.4, 0.5) is 0 Å². The third-order valence-electron chi connectivity index (χ3n) is 2.65. The van der Waals surface area contributed by atoms with Crippen LogP contribution in [0.25, 0.3) is 5.65 Å². The standard InChI is InChI=1S/C12H16N4O2/c1-7-4-11-13-6-10(9(3)16(11)15-7)12(18)14-5-8(2)17/h4,6,8,17H,5H2,1-3H3,(H,14,18)/t8-/m0/s1. The van der Waals surface area contributed by atoms with E-state index in [1.54, 1.807) is 11.4 Å². The fourth-order valence-corrected chi connectivity index (χ4v) is 1.72. The number of nitrogens with zero attached hydrogens (tertiary/aromatic N) is 3. The summed E-state index contributed by atoms with van der Waals surface area (Å²) in [7, 11) is 0. The Hall–Kier alpha value is -1.95. The Morgan fingerprint density at radius 1 is 1.56 bits per heavy atom. The van der Waals surface area contributed by atoms with E-state index in [9.17, 15) is 4.79 Å². The van der Waals surface area contributed by atoms with Gasteiger partial charge in [0.25, 0.3) is 5.91 Å². The first-order valence-electron chi connectivity index (χ1n) is 5.77. The second-order valence-corrected chi connectivity index (χ2v) is 4.37. The summed E-state index contributed by atoms with van der Waals surface area (Å²) >= 11 is 0. The Balaban J connectivity index is 2.33. The predicted molar refractivity (Wildman–Crippen MR) is 66.5 cm³/mol. The van der Waals surface area contributed by atoms with Gasteiger partial charge in [0.15, 0.2) is 5.65 Å². The lowest BCUT2D eigenvalue weighted by Gasteiger charge is -2.09. The van der Waals surface area contributed by atoms with Gasteiger partial charge in [-0.15, -0.1) is 0 Å². The number of aliphatic hydroxyl groups is 1. The third kappa shape index (κ3) is 2.33. The van der Waals surface area contributed by atoms with Crippen molar-refractivity contribution in [2.75, 3.05) is 6.54 Å². The highest BCUT2D eigenvalue weighted by atomic mass is 16.3. The summed E-state index contributed by atoms with van der Waals surface area (Å²) in [6.07, 6.45) is 0.960. The van der Waals surface area contributed by atoms with Gasteiger partial charge in [-0.2, -0.15) is 5.10 Å². The minimum absolute atomic E-state index is 0.217. The molecule has 0 bridgehead atoms. The van der Waals surface area contributed by atoms with Crippen molar-refractivity contribution in [1.29, 1.82) is 0 Å². The Morgan fingerprint density at radius 3 is 2.94 bits per heavy atom. The van der Waals surface area contributed by atoms with Crippen molar-refractivity contribution in [3.05, 3.63) is 29.2 Å². The highest BCUT2D eigenvalue weighted by molar-refractivity contribution is 5.95. The van der Waals surface area contributed by atoms with Gasteiger partial charge in [0.1, 0.15) is 0 Å². The van der Waals surface area contributed by atoms with Gasteiger partial charge in [0.2, 0.25) is 0 Å². The molecular formula is C12H16N4O2. The number of rotatable bonds is 3. The lowest BCUT2D eigenvalue weighted by molar-refractivity contribution is 0.0922. The van der Waals surface area contributed by atoms with E-state index in [2.05, 4.69) is 15.4 Å². The number of aromatic nitrogens is 3. The molecule has 1 amide bonds. The van der Waals surface area contributed by atoms with Crippen molar-refractivity contribution in [2.45, 2.75) is 26.9 Å². The number of nitrogens with one attached hydrogen (secondary N) is 1. The largest absolute Gasteiger partial charge is 0.392 e. The van der Waals surface area contributed by atoms with Crippen molar-refractivity contribution in [1.82, 2.24) is 19.9 Å². The molecule has 0 saturated carbocycles. The number of fused-ring (bicyclic) bond motifs is 1. The molecule has 2 aromatic heterocycles. The van der Waals surface area contributed by atoms with Crippen LogP contribution in [0, 0.1) is 13.8 Å². The zero-order valence-corrected chi connectivity index (χ0v) is 10.6. The first kappa shape index (κ1) is 12.5. The minimum atomic E-state index is -0.571. The smallest absolute Gasteiger partial charge is 0.254 e. The molecule has 0 unspecified atom stereocenters. The molecular weight excluding hydrogens is 232 g/mol. The van der Waals surface area contributed by atoms with Gasteiger partial charge in [-0.05, 0) is 20.8 Å². The van der Waals surface area contributed by atoms with Crippen molar-refractivity contribution in [3.63, 3.8) is 0 Å². The molecule has 2 heterocycles. The van der Waals surface area contributed by atoms with Crippen LogP contribution in [0.5, 0.6) is 0 Å². The Kier molecular flexibility index (Phi) is 3.29. The Morgan fingerprint density at radius 2 is 2.28 bits per heavy atom. The molecule has 18 heavy (non-hydrogen) atoms. The summed E-state index contributed by atoms with van der Waals surface area (Å²) in [6.45, 7) is 5.53. The van der Waals surface area contributed by atoms with E-state index in [0.717, 1.165) is 17.0 Å². The molecule has 0 fully saturated rings. The third-order valence-corrected chi connectivity index (χ3v) is 2.65. The van der Waals surface area contributed by atoms with E-state index in [1.165, 1.54) is 6.20 Å². The van der Waals surface area contributed by atoms with Gasteiger partial charge < -0.3 is 10.4 Å². The average molecular weight is 248 g/mol. The molecule has 0 radical (unpaired) electrons. The molecule has 2 N–H and O–H groups in total. The van der Waals surface area contributed by atoms with Crippen LogP contribution in [-0.2, 0) is 0 Å². The molecule has 0 spiro atoms. The molecule has 0 saturated heterocycles. The van der Waals surface area contributed by atoms with Gasteiger partial charge in [-0.1, -0.05) is 0 Å². The second-order valence-electron chi connectivity index (χ2n) is 4.37. The van der Waals surface area contributed by atoms with Gasteiger partial charge in [-0.25, -0.2) is 9.50 Å². The first-order valence-corrected chi connectivity index (χ1v) is 5.77. The molecule has 0 aliphatic heterocycles. The maximum atomic E-state index is 11.9. The second kappa shape index (κ2) is 4.73. The predicted octanol–water partition coefficient (Wildman–Crippen LogP) is 0.457. The molecule has 0 aromatic carbocycles. The topological polar surface area (TPSA) is 79.5 Å². The zero-order chi connectivity index (χ0) is 13.3. The first-order chi connectivity index (χ1) is 8.49. The van der Waals surface area contributed by atoms with Gasteiger partial charge in [-0.3, -0.25) is 4.79 Å². The molecule has 2 aromatic rings. The summed E-state index contributed by atoms with van der Waals surface area (Å²) in [4.78, 5) is 16.1. The van der Waals surface area contributed by atoms with Crippen LogP contribution in [0.2, 0.25) is 0 Å². The SMILES string of the molecule is Cc1cc2ncc(C(=O)NC[C@H](C)O)c(C)n2n1. The number of hydrogen-bond donors (Lipinski definition) is 2. The molecule has 6 nitrogen and oxygen atoms in total. The van der Waals surface area contributed by atoms with Gasteiger partial charge in [0.05, 0.1) is 23.1 Å². The number of amides is 1. The number of carbonyl (C=O) groups is 1. The van der Waals surface area contributed by atoms with Crippen LogP contribution in [-0.4, -0.2) is 38.3 Å². The quantitative estimate of drug-likeness (QED) is 0.827. The summed E-state index contributed by atoms with van der Waals surface area (Å²) in [5, 5.41) is 16.1. The van der Waals surface area contributed by atoms with E-state index in [-0.39, 0.29) is 12.5 Å². The summed E-state index contributed by atoms with van der Waals surface area (Å²) in [6, 6.07) is 1.85. The van der Waals surface area contributed by atoms with Crippen LogP contribution in [0.3, 0.4) is 0 Å². The average Bonchev–Trinajstić information content (AvgIpc) is 2.68. The molecule has 6 heteroatoms. The molecule has 2 rings (SSSR count). The van der Waals surface area contributed by atoms with Crippen LogP contribution >= 0.6 is 0 Å². The highest BCUT2D eigenvalue weighted by Crippen LogP contribution is 2.10. The minimum Gasteiger partial charge on any atom is -0.392 e. The van der Waals surface area contributed by atoms with E-state index in [0.29, 0.717) is 5.56 Å². The van der Waals surface area contributed by atoms with Crippen molar-refractivity contribution < 1.29 is 9.90 Å².